The fraction of sp³-hybridized carbons (Fsp3) is 0.682. The molecule has 1 aliphatic rings. The number of benzene rings is 1. The molecule has 0 saturated carbocycles. The number of aliphatic imine (C=N–C) groups is 1. The van der Waals surface area contributed by atoms with Crippen LogP contribution in [0, 0.1) is 5.92 Å². The van der Waals surface area contributed by atoms with Gasteiger partial charge in [0.05, 0.1) is 0 Å². The van der Waals surface area contributed by atoms with E-state index in [0.29, 0.717) is 19.1 Å². The first-order valence-electron chi connectivity index (χ1n) is 10.6. The molecular weight excluding hydrogens is 495 g/mol. The van der Waals surface area contributed by atoms with Crippen molar-refractivity contribution >= 4 is 29.9 Å². The average Bonchev–Trinajstić information content (AvgIpc) is 2.73. The molecule has 0 amide bonds. The summed E-state index contributed by atoms with van der Waals surface area (Å²) in [5, 5.41) is 6.69. The van der Waals surface area contributed by atoms with E-state index in [2.05, 4.69) is 32.7 Å². The number of rotatable bonds is 12. The van der Waals surface area contributed by atoms with Crippen LogP contribution < -0.4 is 15.4 Å². The molecule has 1 saturated heterocycles. The van der Waals surface area contributed by atoms with Crippen molar-refractivity contribution in [3.05, 3.63) is 29.8 Å². The highest BCUT2D eigenvalue weighted by molar-refractivity contribution is 14.0. The van der Waals surface area contributed by atoms with Gasteiger partial charge in [-0.2, -0.15) is 0 Å². The number of ether oxygens (including phenoxy) is 3. The van der Waals surface area contributed by atoms with Crippen LogP contribution >= 0.6 is 24.0 Å². The predicted molar refractivity (Wildman–Crippen MR) is 133 cm³/mol. The SMILES string of the molecule is CN=C(NCCCOCC1CCOCC1)NCc1cccc(OCCN(C)C)c1.I. The zero-order valence-corrected chi connectivity index (χ0v) is 21.0. The van der Waals surface area contributed by atoms with E-state index in [1.165, 1.54) is 0 Å². The Bertz CT molecular complexity index is 596. The van der Waals surface area contributed by atoms with E-state index in [9.17, 15) is 0 Å². The Labute approximate surface area is 199 Å². The third kappa shape index (κ3) is 11.9. The van der Waals surface area contributed by atoms with Crippen LogP contribution in [0.2, 0.25) is 0 Å². The van der Waals surface area contributed by atoms with Crippen molar-refractivity contribution in [2.75, 3.05) is 67.3 Å². The van der Waals surface area contributed by atoms with Crippen LogP contribution in [0.4, 0.5) is 0 Å². The largest absolute Gasteiger partial charge is 0.492 e. The van der Waals surface area contributed by atoms with Gasteiger partial charge in [0.2, 0.25) is 0 Å². The highest BCUT2D eigenvalue weighted by atomic mass is 127. The van der Waals surface area contributed by atoms with Crippen molar-refractivity contribution in [3.63, 3.8) is 0 Å². The summed E-state index contributed by atoms with van der Waals surface area (Å²) in [5.41, 5.74) is 1.16. The summed E-state index contributed by atoms with van der Waals surface area (Å²) in [5.74, 6) is 2.36. The number of nitrogens with one attached hydrogen (secondary N) is 2. The molecule has 0 atom stereocenters. The average molecular weight is 534 g/mol. The monoisotopic (exact) mass is 534 g/mol. The van der Waals surface area contributed by atoms with E-state index in [1.807, 2.05) is 26.2 Å². The summed E-state index contributed by atoms with van der Waals surface area (Å²) in [4.78, 5) is 6.40. The molecule has 0 aliphatic carbocycles. The van der Waals surface area contributed by atoms with E-state index in [4.69, 9.17) is 14.2 Å². The second kappa shape index (κ2) is 16.6. The number of nitrogens with zero attached hydrogens (tertiary/aromatic N) is 2. The van der Waals surface area contributed by atoms with E-state index in [-0.39, 0.29) is 24.0 Å². The van der Waals surface area contributed by atoms with Crippen molar-refractivity contribution in [1.29, 1.82) is 0 Å². The lowest BCUT2D eigenvalue weighted by atomic mass is 10.0. The molecule has 2 N–H and O–H groups in total. The summed E-state index contributed by atoms with van der Waals surface area (Å²) >= 11 is 0. The van der Waals surface area contributed by atoms with Gasteiger partial charge in [0.1, 0.15) is 12.4 Å². The van der Waals surface area contributed by atoms with Crippen LogP contribution in [-0.4, -0.2) is 78.1 Å². The van der Waals surface area contributed by atoms with Gasteiger partial charge in [0.25, 0.3) is 0 Å². The molecule has 0 unspecified atom stereocenters. The van der Waals surface area contributed by atoms with Gasteiger partial charge < -0.3 is 29.7 Å². The Morgan fingerprint density at radius 3 is 2.73 bits per heavy atom. The smallest absolute Gasteiger partial charge is 0.191 e. The van der Waals surface area contributed by atoms with E-state index < -0.39 is 0 Å². The zero-order chi connectivity index (χ0) is 20.7. The minimum Gasteiger partial charge on any atom is -0.492 e. The van der Waals surface area contributed by atoms with Crippen molar-refractivity contribution in [1.82, 2.24) is 15.5 Å². The van der Waals surface area contributed by atoms with E-state index in [0.717, 1.165) is 76.1 Å². The van der Waals surface area contributed by atoms with Gasteiger partial charge in [-0.25, -0.2) is 0 Å². The molecule has 1 heterocycles. The summed E-state index contributed by atoms with van der Waals surface area (Å²) in [6.07, 6.45) is 3.20. The Hall–Kier alpha value is -1.10. The highest BCUT2D eigenvalue weighted by Gasteiger charge is 2.13. The molecule has 7 nitrogen and oxygen atoms in total. The van der Waals surface area contributed by atoms with Crippen LogP contribution in [0.15, 0.2) is 29.3 Å². The molecule has 0 spiro atoms. The number of hydrogen-bond acceptors (Lipinski definition) is 5. The van der Waals surface area contributed by atoms with Gasteiger partial charge in [0.15, 0.2) is 5.96 Å². The molecule has 0 bridgehead atoms. The summed E-state index contributed by atoms with van der Waals surface area (Å²) in [7, 11) is 5.87. The van der Waals surface area contributed by atoms with Crippen LogP contribution in [0.1, 0.15) is 24.8 Å². The number of likely N-dealkylation sites (N-methyl/N-ethyl adjacent to an activating group) is 1. The maximum atomic E-state index is 5.81. The second-order valence-electron chi connectivity index (χ2n) is 7.64. The van der Waals surface area contributed by atoms with Crippen LogP contribution in [0.5, 0.6) is 5.75 Å². The van der Waals surface area contributed by atoms with Gasteiger partial charge in [-0.05, 0) is 57.0 Å². The lowest BCUT2D eigenvalue weighted by Gasteiger charge is -2.21. The van der Waals surface area contributed by atoms with Crippen LogP contribution in [0.3, 0.4) is 0 Å². The Kier molecular flexibility index (Phi) is 14.9. The minimum absolute atomic E-state index is 0. The normalized spacial score (nSPS) is 15.0. The lowest BCUT2D eigenvalue weighted by Crippen LogP contribution is -2.37. The summed E-state index contributed by atoms with van der Waals surface area (Å²) in [6.45, 7) is 6.50. The Balaban J connectivity index is 0.00000450. The van der Waals surface area contributed by atoms with Crippen molar-refractivity contribution in [2.45, 2.75) is 25.8 Å². The Morgan fingerprint density at radius 2 is 2.00 bits per heavy atom. The topological polar surface area (TPSA) is 67.4 Å². The zero-order valence-electron chi connectivity index (χ0n) is 18.7. The fourth-order valence-corrected chi connectivity index (χ4v) is 3.04. The van der Waals surface area contributed by atoms with Crippen molar-refractivity contribution in [3.8, 4) is 5.75 Å². The third-order valence-electron chi connectivity index (χ3n) is 4.84. The lowest BCUT2D eigenvalue weighted by molar-refractivity contribution is 0.0203. The van der Waals surface area contributed by atoms with Crippen LogP contribution in [-0.2, 0) is 16.0 Å². The quantitative estimate of drug-likeness (QED) is 0.186. The predicted octanol–water partition coefficient (Wildman–Crippen LogP) is 2.74. The van der Waals surface area contributed by atoms with Crippen molar-refractivity contribution < 1.29 is 14.2 Å². The molecule has 1 aromatic rings. The Morgan fingerprint density at radius 1 is 1.20 bits per heavy atom. The highest BCUT2D eigenvalue weighted by Crippen LogP contribution is 2.15. The van der Waals surface area contributed by atoms with Gasteiger partial charge in [-0.15, -0.1) is 24.0 Å². The van der Waals surface area contributed by atoms with Crippen molar-refractivity contribution in [2.24, 2.45) is 10.9 Å². The standard InChI is InChI=1S/C22H38N4O3.HI/c1-23-22(24-10-5-12-28-18-19-8-13-27-14-9-19)25-17-20-6-4-7-21(16-20)29-15-11-26(2)3;/h4,6-7,16,19H,5,8-15,17-18H2,1-3H3,(H2,23,24,25);1H. The molecule has 1 aromatic carbocycles. The maximum Gasteiger partial charge on any atom is 0.191 e. The first-order valence-corrected chi connectivity index (χ1v) is 10.6. The molecule has 8 heteroatoms. The van der Waals surface area contributed by atoms with Gasteiger partial charge in [0, 0.05) is 53.1 Å². The molecule has 30 heavy (non-hydrogen) atoms. The molecule has 172 valence electrons. The third-order valence-corrected chi connectivity index (χ3v) is 4.84. The number of guanidine groups is 1. The van der Waals surface area contributed by atoms with Gasteiger partial charge >= 0.3 is 0 Å². The second-order valence-corrected chi connectivity index (χ2v) is 7.64. The number of hydrogen-bond donors (Lipinski definition) is 2. The summed E-state index contributed by atoms with van der Waals surface area (Å²) in [6, 6.07) is 8.17. The molecular formula is C22H39IN4O3. The maximum absolute atomic E-state index is 5.81. The van der Waals surface area contributed by atoms with Crippen LogP contribution in [0.25, 0.3) is 0 Å². The van der Waals surface area contributed by atoms with E-state index in [1.54, 1.807) is 7.05 Å². The molecule has 2 rings (SSSR count). The van der Waals surface area contributed by atoms with Gasteiger partial charge in [-0.1, -0.05) is 12.1 Å². The molecule has 0 radical (unpaired) electrons. The summed E-state index contributed by atoms with van der Waals surface area (Å²) < 4.78 is 17.0. The number of halogens is 1. The minimum atomic E-state index is 0. The molecule has 0 aromatic heterocycles. The fourth-order valence-electron chi connectivity index (χ4n) is 3.04. The molecule has 1 aliphatic heterocycles. The van der Waals surface area contributed by atoms with Gasteiger partial charge in [-0.3, -0.25) is 4.99 Å². The molecule has 1 fully saturated rings. The first-order chi connectivity index (χ1) is 14.2. The van der Waals surface area contributed by atoms with E-state index >= 15 is 0 Å². The first kappa shape index (κ1) is 26.9.